The standard InChI is InChI=1S/C17H24N2O/c1-19-15(20)10-12-11-17(6-8-18-9-7-17)14-5-3-2-4-13(14)16(12)19/h4-5,12,16,18H,2-3,6-11H2,1H3/t12-,16-/m0/s1. The molecule has 0 aromatic heterocycles. The molecule has 2 heterocycles. The van der Waals surface area contributed by atoms with Crippen LogP contribution in [0.4, 0.5) is 0 Å². The molecule has 0 unspecified atom stereocenters. The van der Waals surface area contributed by atoms with Crippen LogP contribution >= 0.6 is 0 Å². The summed E-state index contributed by atoms with van der Waals surface area (Å²) in [7, 11) is 2.00. The van der Waals surface area contributed by atoms with E-state index in [9.17, 15) is 4.79 Å². The number of nitrogens with zero attached hydrogens (tertiary/aromatic N) is 1. The molecule has 1 amide bonds. The lowest BCUT2D eigenvalue weighted by atomic mass is 9.58. The highest BCUT2D eigenvalue weighted by atomic mass is 16.2. The predicted octanol–water partition coefficient (Wildman–Crippen LogP) is 2.25. The SMILES string of the molecule is CN1C(=O)C[C@H]2CC3(CCNCC3)C3=CCCC=C3[C@H]21. The van der Waals surface area contributed by atoms with Gasteiger partial charge in [0.25, 0.3) is 0 Å². The van der Waals surface area contributed by atoms with Crippen LogP contribution in [0.2, 0.25) is 0 Å². The fraction of sp³-hybridized carbons (Fsp3) is 0.706. The first kappa shape index (κ1) is 12.6. The van der Waals surface area contributed by atoms with Gasteiger partial charge in [-0.25, -0.2) is 0 Å². The normalized spacial score (nSPS) is 35.5. The van der Waals surface area contributed by atoms with Crippen LogP contribution in [0, 0.1) is 11.3 Å². The van der Waals surface area contributed by atoms with Crippen molar-refractivity contribution in [3.8, 4) is 0 Å². The zero-order valence-electron chi connectivity index (χ0n) is 12.3. The van der Waals surface area contributed by atoms with Gasteiger partial charge in [0.2, 0.25) is 5.91 Å². The Morgan fingerprint density at radius 3 is 2.80 bits per heavy atom. The molecule has 1 saturated carbocycles. The quantitative estimate of drug-likeness (QED) is 0.733. The number of hydrogen-bond acceptors (Lipinski definition) is 2. The van der Waals surface area contributed by atoms with E-state index in [0.29, 0.717) is 23.3 Å². The summed E-state index contributed by atoms with van der Waals surface area (Å²) in [6, 6.07) is 0.370. The molecule has 4 aliphatic rings. The van der Waals surface area contributed by atoms with Crippen molar-refractivity contribution in [2.45, 2.75) is 44.6 Å². The number of allylic oxidation sites excluding steroid dienone is 2. The summed E-state index contributed by atoms with van der Waals surface area (Å²) in [5.41, 5.74) is 3.47. The summed E-state index contributed by atoms with van der Waals surface area (Å²) in [6.07, 6.45) is 11.7. The van der Waals surface area contributed by atoms with Crippen molar-refractivity contribution >= 4 is 5.91 Å². The number of likely N-dealkylation sites (N-methyl/N-ethyl adjacent to an activating group) is 1. The van der Waals surface area contributed by atoms with Gasteiger partial charge in [-0.3, -0.25) is 4.79 Å². The Hall–Kier alpha value is -1.09. The molecule has 4 rings (SSSR count). The number of rotatable bonds is 0. The van der Waals surface area contributed by atoms with Crippen molar-refractivity contribution < 1.29 is 4.79 Å². The van der Waals surface area contributed by atoms with Crippen LogP contribution in [0.15, 0.2) is 23.3 Å². The summed E-state index contributed by atoms with van der Waals surface area (Å²) in [6.45, 7) is 2.26. The highest BCUT2D eigenvalue weighted by Crippen LogP contribution is 2.56. The molecule has 20 heavy (non-hydrogen) atoms. The molecule has 2 aliphatic heterocycles. The van der Waals surface area contributed by atoms with Gasteiger partial charge in [-0.05, 0) is 67.7 Å². The van der Waals surface area contributed by atoms with E-state index in [1.54, 1.807) is 5.57 Å². The highest BCUT2D eigenvalue weighted by molar-refractivity contribution is 5.80. The molecule has 2 atom stereocenters. The molecule has 3 nitrogen and oxygen atoms in total. The minimum atomic E-state index is 0.344. The third-order valence-corrected chi connectivity index (χ3v) is 5.99. The van der Waals surface area contributed by atoms with Gasteiger partial charge in [0.05, 0.1) is 6.04 Å². The van der Waals surface area contributed by atoms with E-state index in [4.69, 9.17) is 0 Å². The van der Waals surface area contributed by atoms with Crippen LogP contribution < -0.4 is 5.32 Å². The summed E-state index contributed by atoms with van der Waals surface area (Å²) in [4.78, 5) is 14.2. The third-order valence-electron chi connectivity index (χ3n) is 5.99. The maximum atomic E-state index is 12.2. The van der Waals surface area contributed by atoms with E-state index in [1.807, 2.05) is 11.9 Å². The Morgan fingerprint density at radius 1 is 1.25 bits per heavy atom. The first-order chi connectivity index (χ1) is 9.71. The van der Waals surface area contributed by atoms with Gasteiger partial charge in [-0.15, -0.1) is 0 Å². The van der Waals surface area contributed by atoms with Crippen molar-refractivity contribution in [2.24, 2.45) is 11.3 Å². The van der Waals surface area contributed by atoms with E-state index in [1.165, 1.54) is 31.3 Å². The molecule has 0 radical (unpaired) electrons. The van der Waals surface area contributed by atoms with Crippen LogP contribution in [0.1, 0.15) is 38.5 Å². The monoisotopic (exact) mass is 272 g/mol. The summed E-state index contributed by atoms with van der Waals surface area (Å²) >= 11 is 0. The fourth-order valence-electron chi connectivity index (χ4n) is 5.09. The van der Waals surface area contributed by atoms with Crippen LogP contribution in [-0.4, -0.2) is 37.0 Å². The molecule has 3 fully saturated rings. The molecule has 1 spiro atoms. The van der Waals surface area contributed by atoms with Crippen LogP contribution in [-0.2, 0) is 4.79 Å². The molecule has 0 aromatic carbocycles. The van der Waals surface area contributed by atoms with Gasteiger partial charge in [-0.1, -0.05) is 12.2 Å². The molecule has 0 aromatic rings. The van der Waals surface area contributed by atoms with Gasteiger partial charge >= 0.3 is 0 Å². The van der Waals surface area contributed by atoms with Crippen LogP contribution in [0.5, 0.6) is 0 Å². The minimum Gasteiger partial charge on any atom is -0.338 e. The van der Waals surface area contributed by atoms with Gasteiger partial charge in [0.1, 0.15) is 0 Å². The number of likely N-dealkylation sites (tertiary alicyclic amines) is 1. The topological polar surface area (TPSA) is 32.3 Å². The largest absolute Gasteiger partial charge is 0.338 e. The molecular weight excluding hydrogens is 248 g/mol. The van der Waals surface area contributed by atoms with Gasteiger partial charge in [-0.2, -0.15) is 0 Å². The Bertz CT molecular complexity index is 499. The Labute approximate surface area is 121 Å². The molecule has 2 aliphatic carbocycles. The number of amides is 1. The van der Waals surface area contributed by atoms with E-state index < -0.39 is 0 Å². The van der Waals surface area contributed by atoms with Crippen molar-refractivity contribution in [1.29, 1.82) is 0 Å². The Morgan fingerprint density at radius 2 is 2.00 bits per heavy atom. The zero-order valence-corrected chi connectivity index (χ0v) is 12.3. The van der Waals surface area contributed by atoms with Gasteiger partial charge < -0.3 is 10.2 Å². The lowest BCUT2D eigenvalue weighted by Crippen LogP contribution is -2.48. The number of fused-ring (bicyclic) bond motifs is 4. The second kappa shape index (κ2) is 4.45. The van der Waals surface area contributed by atoms with E-state index >= 15 is 0 Å². The first-order valence-electron chi connectivity index (χ1n) is 8.09. The number of nitrogens with one attached hydrogen (secondary N) is 1. The van der Waals surface area contributed by atoms with E-state index in [2.05, 4.69) is 17.5 Å². The van der Waals surface area contributed by atoms with Crippen molar-refractivity contribution in [3.05, 3.63) is 23.3 Å². The highest BCUT2D eigenvalue weighted by Gasteiger charge is 2.52. The van der Waals surface area contributed by atoms with E-state index in [0.717, 1.165) is 25.9 Å². The average Bonchev–Trinajstić information content (AvgIpc) is 2.75. The van der Waals surface area contributed by atoms with Gasteiger partial charge in [0, 0.05) is 13.5 Å². The Balaban J connectivity index is 1.77. The Kier molecular flexibility index (Phi) is 2.81. The third kappa shape index (κ3) is 1.65. The second-order valence-electron chi connectivity index (χ2n) is 7.00. The summed E-state index contributed by atoms with van der Waals surface area (Å²) in [5, 5.41) is 3.51. The molecule has 3 heteroatoms. The molecule has 108 valence electrons. The van der Waals surface area contributed by atoms with Crippen molar-refractivity contribution in [2.75, 3.05) is 20.1 Å². The fourth-order valence-corrected chi connectivity index (χ4v) is 5.09. The van der Waals surface area contributed by atoms with Crippen molar-refractivity contribution in [3.63, 3.8) is 0 Å². The molecule has 0 bridgehead atoms. The van der Waals surface area contributed by atoms with Crippen LogP contribution in [0.3, 0.4) is 0 Å². The predicted molar refractivity (Wildman–Crippen MR) is 79.2 cm³/mol. The molecular formula is C17H24N2O. The molecule has 1 N–H and O–H groups in total. The molecule has 2 saturated heterocycles. The maximum Gasteiger partial charge on any atom is 0.223 e. The van der Waals surface area contributed by atoms with Gasteiger partial charge in [0.15, 0.2) is 0 Å². The number of carbonyl (C=O) groups is 1. The maximum absolute atomic E-state index is 12.2. The number of piperidine rings is 1. The van der Waals surface area contributed by atoms with E-state index in [-0.39, 0.29) is 0 Å². The van der Waals surface area contributed by atoms with Crippen molar-refractivity contribution in [1.82, 2.24) is 10.2 Å². The number of carbonyl (C=O) groups excluding carboxylic acids is 1. The lowest BCUT2D eigenvalue weighted by molar-refractivity contribution is -0.127. The minimum absolute atomic E-state index is 0.344. The first-order valence-corrected chi connectivity index (χ1v) is 8.09. The van der Waals surface area contributed by atoms with Crippen LogP contribution in [0.25, 0.3) is 0 Å². The summed E-state index contributed by atoms with van der Waals surface area (Å²) < 4.78 is 0. The number of hydrogen-bond donors (Lipinski definition) is 1. The average molecular weight is 272 g/mol. The second-order valence-corrected chi connectivity index (χ2v) is 7.00. The zero-order chi connectivity index (χ0) is 13.7. The summed E-state index contributed by atoms with van der Waals surface area (Å²) in [5.74, 6) is 0.893. The smallest absolute Gasteiger partial charge is 0.223 e. The lowest BCUT2D eigenvalue weighted by Gasteiger charge is -2.50.